The quantitative estimate of drug-likeness (QED) is 0.717. The molecule has 0 N–H and O–H groups in total. The van der Waals surface area contributed by atoms with Crippen LogP contribution in [-0.4, -0.2) is 54.3 Å². The van der Waals surface area contributed by atoms with Gasteiger partial charge in [-0.1, -0.05) is 20.8 Å². The molecule has 0 radical (unpaired) electrons. The second kappa shape index (κ2) is 7.57. The highest BCUT2D eigenvalue weighted by Crippen LogP contribution is 2.08. The summed E-state index contributed by atoms with van der Waals surface area (Å²) in [5.41, 5.74) is 0. The first-order chi connectivity index (χ1) is 7.58. The number of thiol groups is 1. The summed E-state index contributed by atoms with van der Waals surface area (Å²) in [5.74, 6) is 0.836. The van der Waals surface area contributed by atoms with E-state index in [1.165, 1.54) is 52.1 Å². The lowest BCUT2D eigenvalue weighted by atomic mass is 10.1. The van der Waals surface area contributed by atoms with Crippen molar-refractivity contribution in [3.8, 4) is 0 Å². The molecule has 1 aliphatic rings. The summed E-state index contributed by atoms with van der Waals surface area (Å²) >= 11 is 4.43. The van der Waals surface area contributed by atoms with E-state index in [2.05, 4.69) is 43.2 Å². The van der Waals surface area contributed by atoms with Gasteiger partial charge in [0.25, 0.3) is 0 Å². The second-order valence-corrected chi connectivity index (χ2v) is 6.39. The first-order valence-corrected chi connectivity index (χ1v) is 7.22. The van der Waals surface area contributed by atoms with Gasteiger partial charge < -0.3 is 9.80 Å². The van der Waals surface area contributed by atoms with Crippen molar-refractivity contribution in [3.63, 3.8) is 0 Å². The zero-order chi connectivity index (χ0) is 12.0. The Balaban J connectivity index is 2.09. The van der Waals surface area contributed by atoms with Gasteiger partial charge in [0.15, 0.2) is 0 Å². The molecule has 1 rings (SSSR count). The minimum Gasteiger partial charge on any atom is -0.301 e. The van der Waals surface area contributed by atoms with E-state index in [0.717, 1.165) is 5.92 Å². The molecule has 16 heavy (non-hydrogen) atoms. The van der Waals surface area contributed by atoms with Crippen LogP contribution in [0.4, 0.5) is 0 Å². The van der Waals surface area contributed by atoms with Crippen LogP contribution in [0.2, 0.25) is 0 Å². The molecule has 3 heteroatoms. The smallest absolute Gasteiger partial charge is 0.0110 e. The van der Waals surface area contributed by atoms with Crippen LogP contribution in [0.3, 0.4) is 0 Å². The van der Waals surface area contributed by atoms with E-state index >= 15 is 0 Å². The highest BCUT2D eigenvalue weighted by atomic mass is 32.1. The van der Waals surface area contributed by atoms with E-state index in [9.17, 15) is 0 Å². The van der Waals surface area contributed by atoms with Crippen LogP contribution in [0, 0.1) is 5.92 Å². The van der Waals surface area contributed by atoms with Crippen molar-refractivity contribution in [3.05, 3.63) is 0 Å². The van der Waals surface area contributed by atoms with E-state index < -0.39 is 0 Å². The molecule has 1 heterocycles. The van der Waals surface area contributed by atoms with E-state index in [4.69, 9.17) is 0 Å². The third-order valence-corrected chi connectivity index (χ3v) is 3.61. The molecule has 0 aromatic carbocycles. The van der Waals surface area contributed by atoms with Crippen LogP contribution in [0.5, 0.6) is 0 Å². The highest BCUT2D eigenvalue weighted by molar-refractivity contribution is 7.80. The number of rotatable bonds is 6. The largest absolute Gasteiger partial charge is 0.301 e. The van der Waals surface area contributed by atoms with Gasteiger partial charge in [0.1, 0.15) is 0 Å². The van der Waals surface area contributed by atoms with E-state index in [-0.39, 0.29) is 0 Å². The molecule has 0 amide bonds. The van der Waals surface area contributed by atoms with Crippen molar-refractivity contribution in [2.24, 2.45) is 5.92 Å². The Morgan fingerprint density at radius 3 is 1.69 bits per heavy atom. The molecule has 0 spiro atoms. The zero-order valence-corrected chi connectivity index (χ0v) is 12.0. The summed E-state index contributed by atoms with van der Waals surface area (Å²) in [6, 6.07) is 0. The van der Waals surface area contributed by atoms with Crippen molar-refractivity contribution >= 4 is 12.6 Å². The summed E-state index contributed by atoms with van der Waals surface area (Å²) in [5, 5.41) is 0.541. The Bertz CT molecular complexity index is 155. The van der Waals surface area contributed by atoms with Gasteiger partial charge in [-0.05, 0) is 31.8 Å². The van der Waals surface area contributed by atoms with Crippen molar-refractivity contribution in [2.75, 3.05) is 39.3 Å². The molecule has 1 fully saturated rings. The minimum atomic E-state index is 0.541. The molecule has 1 saturated heterocycles. The average Bonchev–Trinajstić information content (AvgIpc) is 2.25. The van der Waals surface area contributed by atoms with Crippen LogP contribution in [-0.2, 0) is 0 Å². The van der Waals surface area contributed by atoms with Crippen molar-refractivity contribution in [2.45, 2.75) is 38.9 Å². The summed E-state index contributed by atoms with van der Waals surface area (Å²) in [4.78, 5) is 5.19. The Morgan fingerprint density at radius 2 is 1.31 bits per heavy atom. The van der Waals surface area contributed by atoms with Gasteiger partial charge in [-0.25, -0.2) is 0 Å². The fourth-order valence-corrected chi connectivity index (χ4v) is 2.16. The average molecular weight is 244 g/mol. The monoisotopic (exact) mass is 244 g/mol. The minimum absolute atomic E-state index is 0.541. The summed E-state index contributed by atoms with van der Waals surface area (Å²) in [6.07, 6.45) is 2.56. The lowest BCUT2D eigenvalue weighted by Crippen LogP contribution is -2.47. The van der Waals surface area contributed by atoms with Gasteiger partial charge in [0, 0.05) is 31.4 Å². The van der Waals surface area contributed by atoms with Crippen LogP contribution in [0.25, 0.3) is 0 Å². The maximum absolute atomic E-state index is 4.43. The number of nitrogens with zero attached hydrogens (tertiary/aromatic N) is 2. The fourth-order valence-electron chi connectivity index (χ4n) is 2.05. The molecule has 0 aromatic heterocycles. The van der Waals surface area contributed by atoms with E-state index in [0.29, 0.717) is 5.25 Å². The van der Waals surface area contributed by atoms with Gasteiger partial charge >= 0.3 is 0 Å². The predicted molar refractivity (Wildman–Crippen MR) is 75.4 cm³/mol. The van der Waals surface area contributed by atoms with Gasteiger partial charge in [-0.2, -0.15) is 12.6 Å². The molecular weight excluding hydrogens is 216 g/mol. The molecule has 1 unspecified atom stereocenters. The number of hydrogen-bond acceptors (Lipinski definition) is 3. The first kappa shape index (κ1) is 14.3. The Morgan fingerprint density at radius 1 is 0.875 bits per heavy atom. The van der Waals surface area contributed by atoms with E-state index in [1.807, 2.05) is 0 Å². The van der Waals surface area contributed by atoms with Crippen molar-refractivity contribution in [1.29, 1.82) is 0 Å². The first-order valence-electron chi connectivity index (χ1n) is 6.70. The topological polar surface area (TPSA) is 6.48 Å². The molecular formula is C13H28N2S. The number of piperazine rings is 1. The van der Waals surface area contributed by atoms with Gasteiger partial charge in [0.05, 0.1) is 0 Å². The summed E-state index contributed by atoms with van der Waals surface area (Å²) in [6.45, 7) is 14.3. The van der Waals surface area contributed by atoms with Crippen molar-refractivity contribution < 1.29 is 0 Å². The third kappa shape index (κ3) is 6.12. The maximum atomic E-state index is 4.43. The zero-order valence-electron chi connectivity index (χ0n) is 11.2. The Hall–Kier alpha value is 0.270. The van der Waals surface area contributed by atoms with Crippen LogP contribution in [0.1, 0.15) is 33.6 Å². The highest BCUT2D eigenvalue weighted by Gasteiger charge is 2.16. The van der Waals surface area contributed by atoms with Crippen LogP contribution >= 0.6 is 12.6 Å². The standard InChI is InChI=1S/C13H28N2S/c1-12(2)4-6-14-8-10-15(11-9-14)7-5-13(3)16/h12-13,16H,4-11H2,1-3H3. The molecule has 0 aliphatic carbocycles. The predicted octanol–water partition coefficient (Wildman–Crippen LogP) is 2.36. The summed E-state index contributed by atoms with van der Waals surface area (Å²) in [7, 11) is 0. The molecule has 1 atom stereocenters. The fraction of sp³-hybridized carbons (Fsp3) is 1.00. The van der Waals surface area contributed by atoms with E-state index in [1.54, 1.807) is 0 Å². The Labute approximate surface area is 107 Å². The summed E-state index contributed by atoms with van der Waals surface area (Å²) < 4.78 is 0. The molecule has 2 nitrogen and oxygen atoms in total. The molecule has 0 bridgehead atoms. The molecule has 0 saturated carbocycles. The Kier molecular flexibility index (Phi) is 6.78. The van der Waals surface area contributed by atoms with Crippen molar-refractivity contribution in [1.82, 2.24) is 9.80 Å². The second-order valence-electron chi connectivity index (χ2n) is 5.50. The SMILES string of the molecule is CC(C)CCN1CCN(CCC(C)S)CC1. The molecule has 0 aromatic rings. The normalized spacial score (nSPS) is 21.6. The van der Waals surface area contributed by atoms with Crippen LogP contribution in [0.15, 0.2) is 0 Å². The molecule has 1 aliphatic heterocycles. The molecule has 96 valence electrons. The van der Waals surface area contributed by atoms with Gasteiger partial charge in [0.2, 0.25) is 0 Å². The number of hydrogen-bond donors (Lipinski definition) is 1. The lowest BCUT2D eigenvalue weighted by molar-refractivity contribution is 0.127. The maximum Gasteiger partial charge on any atom is 0.0110 e. The lowest BCUT2D eigenvalue weighted by Gasteiger charge is -2.35. The van der Waals surface area contributed by atoms with Crippen LogP contribution < -0.4 is 0 Å². The van der Waals surface area contributed by atoms with Gasteiger partial charge in [-0.15, -0.1) is 0 Å². The third-order valence-electron chi connectivity index (χ3n) is 3.35. The van der Waals surface area contributed by atoms with Gasteiger partial charge in [-0.3, -0.25) is 0 Å².